The molecule has 1 heterocycles. The zero-order valence-corrected chi connectivity index (χ0v) is 15.8. The first kappa shape index (κ1) is 18.9. The van der Waals surface area contributed by atoms with Crippen LogP contribution in [0.2, 0.25) is 5.02 Å². The van der Waals surface area contributed by atoms with Crippen molar-refractivity contribution < 1.29 is 4.79 Å². The van der Waals surface area contributed by atoms with E-state index in [-0.39, 0.29) is 5.91 Å². The molecule has 0 radical (unpaired) electrons. The molecule has 0 aliphatic carbocycles. The monoisotopic (exact) mass is 380 g/mol. The van der Waals surface area contributed by atoms with E-state index in [0.717, 1.165) is 22.6 Å². The lowest BCUT2D eigenvalue weighted by atomic mass is 10.1. The van der Waals surface area contributed by atoms with Crippen molar-refractivity contribution in [1.82, 2.24) is 10.2 Å². The van der Waals surface area contributed by atoms with Gasteiger partial charge in [0.25, 0.3) is 0 Å². The normalized spacial score (nSPS) is 10.4. The van der Waals surface area contributed by atoms with Crippen LogP contribution in [0.4, 0.5) is 11.6 Å². The van der Waals surface area contributed by atoms with Crippen molar-refractivity contribution in [1.29, 1.82) is 0 Å². The summed E-state index contributed by atoms with van der Waals surface area (Å²) >= 11 is 5.98. The van der Waals surface area contributed by atoms with Crippen molar-refractivity contribution in [3.8, 4) is 0 Å². The number of aryl methyl sites for hydroxylation is 1. The highest BCUT2D eigenvalue weighted by molar-refractivity contribution is 6.30. The average molecular weight is 381 g/mol. The molecule has 5 nitrogen and oxygen atoms in total. The third-order valence-electron chi connectivity index (χ3n) is 4.03. The van der Waals surface area contributed by atoms with E-state index >= 15 is 0 Å². The lowest BCUT2D eigenvalue weighted by Crippen LogP contribution is -2.16. The number of anilines is 2. The molecule has 1 aromatic heterocycles. The molecule has 0 aliphatic heterocycles. The number of rotatable bonds is 7. The fourth-order valence-electron chi connectivity index (χ4n) is 2.60. The van der Waals surface area contributed by atoms with E-state index in [2.05, 4.69) is 20.8 Å². The minimum atomic E-state index is -0.116. The van der Waals surface area contributed by atoms with Crippen molar-refractivity contribution in [2.24, 2.45) is 0 Å². The summed E-state index contributed by atoms with van der Waals surface area (Å²) in [5.41, 5.74) is 3.29. The van der Waals surface area contributed by atoms with Crippen LogP contribution in [-0.2, 0) is 17.6 Å². The molecule has 0 saturated carbocycles. The fourth-order valence-corrected chi connectivity index (χ4v) is 2.81. The van der Waals surface area contributed by atoms with Crippen LogP contribution in [0.25, 0.3) is 0 Å². The van der Waals surface area contributed by atoms with Crippen molar-refractivity contribution >= 4 is 29.1 Å². The Morgan fingerprint density at radius 2 is 1.70 bits per heavy atom. The zero-order valence-electron chi connectivity index (χ0n) is 15.1. The summed E-state index contributed by atoms with van der Waals surface area (Å²) in [5, 5.41) is 14.9. The molecular formula is C21H21ClN4O. The van der Waals surface area contributed by atoms with Gasteiger partial charge in [-0.1, -0.05) is 53.6 Å². The van der Waals surface area contributed by atoms with Crippen molar-refractivity contribution in [2.45, 2.75) is 19.8 Å². The Balaban J connectivity index is 1.46. The third-order valence-corrected chi connectivity index (χ3v) is 4.26. The van der Waals surface area contributed by atoms with Crippen LogP contribution in [0, 0.1) is 6.92 Å². The molecule has 138 valence electrons. The van der Waals surface area contributed by atoms with E-state index in [1.807, 2.05) is 55.5 Å². The van der Waals surface area contributed by atoms with Gasteiger partial charge in [0, 0.05) is 11.6 Å². The van der Waals surface area contributed by atoms with Crippen LogP contribution in [0.3, 0.4) is 0 Å². The van der Waals surface area contributed by atoms with E-state index in [1.54, 1.807) is 12.1 Å². The molecule has 0 fully saturated rings. The number of benzene rings is 2. The van der Waals surface area contributed by atoms with E-state index < -0.39 is 0 Å². The summed E-state index contributed by atoms with van der Waals surface area (Å²) in [7, 11) is 0. The van der Waals surface area contributed by atoms with Gasteiger partial charge in [-0.3, -0.25) is 4.79 Å². The number of nitrogens with zero attached hydrogens (tertiary/aromatic N) is 2. The summed E-state index contributed by atoms with van der Waals surface area (Å²) < 4.78 is 0. The number of carbonyl (C=O) groups is 1. The van der Waals surface area contributed by atoms with E-state index in [9.17, 15) is 4.79 Å². The standard InChI is InChI=1S/C21H21ClN4O/c1-15-5-7-17(8-6-15)14-21(27)24-20-10-9-19(25-26-20)23-12-11-16-3-2-4-18(22)13-16/h2-10,13H,11-12,14H2,1H3,(H,23,25)(H,24,26,27). The second-order valence-corrected chi connectivity index (χ2v) is 6.76. The second-order valence-electron chi connectivity index (χ2n) is 6.32. The molecule has 0 aliphatic rings. The van der Waals surface area contributed by atoms with Crippen LogP contribution in [0.1, 0.15) is 16.7 Å². The largest absolute Gasteiger partial charge is 0.368 e. The Kier molecular flexibility index (Phi) is 6.39. The smallest absolute Gasteiger partial charge is 0.229 e. The van der Waals surface area contributed by atoms with Gasteiger partial charge in [0.05, 0.1) is 6.42 Å². The van der Waals surface area contributed by atoms with Gasteiger partial charge in [-0.25, -0.2) is 0 Å². The molecule has 1 amide bonds. The summed E-state index contributed by atoms with van der Waals surface area (Å²) in [6.45, 7) is 2.73. The van der Waals surface area contributed by atoms with Gasteiger partial charge in [-0.05, 0) is 48.7 Å². The maximum Gasteiger partial charge on any atom is 0.229 e. The first-order valence-electron chi connectivity index (χ1n) is 8.76. The minimum Gasteiger partial charge on any atom is -0.368 e. The van der Waals surface area contributed by atoms with Crippen molar-refractivity contribution in [2.75, 3.05) is 17.2 Å². The number of carbonyl (C=O) groups excluding carboxylic acids is 1. The molecule has 6 heteroatoms. The predicted octanol–water partition coefficient (Wildman–Crippen LogP) is 4.27. The van der Waals surface area contributed by atoms with Gasteiger partial charge >= 0.3 is 0 Å². The highest BCUT2D eigenvalue weighted by atomic mass is 35.5. The highest BCUT2D eigenvalue weighted by Gasteiger charge is 2.06. The Labute approximate surface area is 163 Å². The molecule has 2 N–H and O–H groups in total. The van der Waals surface area contributed by atoms with E-state index in [4.69, 9.17) is 11.6 Å². The van der Waals surface area contributed by atoms with Crippen LogP contribution in [0.5, 0.6) is 0 Å². The minimum absolute atomic E-state index is 0.116. The van der Waals surface area contributed by atoms with Gasteiger partial charge < -0.3 is 10.6 Å². The topological polar surface area (TPSA) is 66.9 Å². The number of halogens is 1. The third kappa shape index (κ3) is 6.08. The molecule has 0 spiro atoms. The van der Waals surface area contributed by atoms with Gasteiger partial charge in [-0.2, -0.15) is 0 Å². The average Bonchev–Trinajstić information content (AvgIpc) is 2.65. The summed E-state index contributed by atoms with van der Waals surface area (Å²) in [6, 6.07) is 19.2. The number of nitrogens with one attached hydrogen (secondary N) is 2. The van der Waals surface area contributed by atoms with Gasteiger partial charge in [0.2, 0.25) is 5.91 Å². The molecule has 0 bridgehead atoms. The van der Waals surface area contributed by atoms with Crippen LogP contribution < -0.4 is 10.6 Å². The van der Waals surface area contributed by atoms with Crippen LogP contribution >= 0.6 is 11.6 Å². The molecule has 3 rings (SSSR count). The zero-order chi connectivity index (χ0) is 19.1. The van der Waals surface area contributed by atoms with Crippen molar-refractivity contribution in [3.63, 3.8) is 0 Å². The quantitative estimate of drug-likeness (QED) is 0.642. The summed E-state index contributed by atoms with van der Waals surface area (Å²) in [4.78, 5) is 12.1. The number of hydrogen-bond donors (Lipinski definition) is 2. The van der Waals surface area contributed by atoms with E-state index in [0.29, 0.717) is 24.6 Å². The molecule has 0 atom stereocenters. The fraction of sp³-hybridized carbons (Fsp3) is 0.190. The maximum atomic E-state index is 12.1. The van der Waals surface area contributed by atoms with Gasteiger partial charge in [-0.15, -0.1) is 10.2 Å². The molecular weight excluding hydrogens is 360 g/mol. The number of amides is 1. The molecule has 0 unspecified atom stereocenters. The molecule has 27 heavy (non-hydrogen) atoms. The maximum absolute atomic E-state index is 12.1. The van der Waals surface area contributed by atoms with Crippen LogP contribution in [0.15, 0.2) is 60.7 Å². The highest BCUT2D eigenvalue weighted by Crippen LogP contribution is 2.12. The Morgan fingerprint density at radius 3 is 2.41 bits per heavy atom. The number of hydrogen-bond acceptors (Lipinski definition) is 4. The van der Waals surface area contributed by atoms with Gasteiger partial charge in [0.1, 0.15) is 5.82 Å². The Morgan fingerprint density at radius 1 is 0.963 bits per heavy atom. The summed E-state index contributed by atoms with van der Waals surface area (Å²) in [6.07, 6.45) is 1.14. The first-order valence-corrected chi connectivity index (χ1v) is 9.14. The van der Waals surface area contributed by atoms with Crippen molar-refractivity contribution in [3.05, 3.63) is 82.4 Å². The summed E-state index contributed by atoms with van der Waals surface area (Å²) in [5.74, 6) is 0.982. The Hall–Kier alpha value is -2.92. The molecule has 3 aromatic rings. The van der Waals surface area contributed by atoms with Crippen LogP contribution in [-0.4, -0.2) is 22.6 Å². The SMILES string of the molecule is Cc1ccc(CC(=O)Nc2ccc(NCCc3cccc(Cl)c3)nn2)cc1. The molecule has 2 aromatic carbocycles. The number of aromatic nitrogens is 2. The lowest BCUT2D eigenvalue weighted by molar-refractivity contribution is -0.115. The predicted molar refractivity (Wildman–Crippen MR) is 109 cm³/mol. The van der Waals surface area contributed by atoms with E-state index in [1.165, 1.54) is 5.56 Å². The molecule has 0 saturated heterocycles. The first-order chi connectivity index (χ1) is 13.1. The van der Waals surface area contributed by atoms with Gasteiger partial charge in [0.15, 0.2) is 5.82 Å². The lowest BCUT2D eigenvalue weighted by Gasteiger charge is -2.07. The second kappa shape index (κ2) is 9.14. The Bertz CT molecular complexity index is 895.